The molecule has 5 rings (SSSR count). The Kier molecular flexibility index (Phi) is 5.75. The Hall–Kier alpha value is -3.52. The molecule has 0 fully saturated rings. The number of aryl methyl sites for hydroxylation is 3. The van der Waals surface area contributed by atoms with Crippen molar-refractivity contribution in [2.75, 3.05) is 0 Å². The predicted octanol–water partition coefficient (Wildman–Crippen LogP) is 8.97. The third-order valence-corrected chi connectivity index (χ3v) is 7.91. The van der Waals surface area contributed by atoms with Gasteiger partial charge in [-0.05, 0) is 96.7 Å². The van der Waals surface area contributed by atoms with Crippen LogP contribution in [0, 0.1) is 20.8 Å². The van der Waals surface area contributed by atoms with Crippen molar-refractivity contribution >= 4 is 22.5 Å². The lowest BCUT2D eigenvalue weighted by molar-refractivity contribution is -0.111. The second-order valence-electron chi connectivity index (χ2n) is 11.1. The van der Waals surface area contributed by atoms with E-state index in [1.54, 1.807) is 0 Å². The molecule has 0 spiro atoms. The maximum atomic E-state index is 13.8. The van der Waals surface area contributed by atoms with Gasteiger partial charge < -0.3 is 5.11 Å². The number of allylic oxidation sites excluding steroid dienone is 5. The van der Waals surface area contributed by atoms with Crippen LogP contribution in [0.1, 0.15) is 91.0 Å². The van der Waals surface area contributed by atoms with E-state index in [-0.39, 0.29) is 11.5 Å². The molecule has 0 aliphatic heterocycles. The standard InChI is InChI=1S/C34H34O2/c1-17(2)23-11-9-19(5)29-25(15-23)21(7)13-27(29)31-33(35)32(34(31)36)28-14-22(8)26-16-24(18(3)4)12-10-20(6)30(26)28/h9-18H,1-8H3/p+1. The summed E-state index contributed by atoms with van der Waals surface area (Å²) in [6, 6.07) is 15.2. The van der Waals surface area contributed by atoms with Gasteiger partial charge in [-0.1, -0.05) is 45.9 Å². The normalized spacial score (nSPS) is 17.3. The number of Topliss-reactive ketones (excluding diaryl/α,β-unsaturated/α-hetero) is 1. The van der Waals surface area contributed by atoms with Crippen LogP contribution in [0.3, 0.4) is 0 Å². The number of aliphatic hydroxyl groups excluding tert-OH is 1. The topological polar surface area (TPSA) is 37.3 Å². The highest BCUT2D eigenvalue weighted by molar-refractivity contribution is 6.42. The minimum Gasteiger partial charge on any atom is -0.501 e. The summed E-state index contributed by atoms with van der Waals surface area (Å²) < 4.78 is 0. The number of hydrogen-bond acceptors (Lipinski definition) is 2. The lowest BCUT2D eigenvalue weighted by Crippen LogP contribution is -2.22. The fraction of sp³-hybridized carbons (Fsp3) is 0.294. The molecule has 0 aromatic heterocycles. The van der Waals surface area contributed by atoms with E-state index in [9.17, 15) is 9.90 Å². The first kappa shape index (κ1) is 24.2. The second kappa shape index (κ2) is 8.55. The first-order chi connectivity index (χ1) is 17.0. The van der Waals surface area contributed by atoms with Gasteiger partial charge in [-0.25, -0.2) is 0 Å². The quantitative estimate of drug-likeness (QED) is 0.303. The fourth-order valence-corrected chi connectivity index (χ4v) is 5.69. The molecule has 0 saturated carbocycles. The maximum Gasteiger partial charge on any atom is 0.229 e. The van der Waals surface area contributed by atoms with Crippen molar-refractivity contribution in [2.45, 2.75) is 67.2 Å². The minimum absolute atomic E-state index is 0.0729. The first-order valence-corrected chi connectivity index (χ1v) is 12.9. The molecule has 0 unspecified atom stereocenters. The molecule has 1 aromatic rings. The molecule has 0 heterocycles. The van der Waals surface area contributed by atoms with E-state index in [1.807, 2.05) is 0 Å². The van der Waals surface area contributed by atoms with Gasteiger partial charge in [-0.3, -0.25) is 4.79 Å². The average molecular weight is 476 g/mol. The van der Waals surface area contributed by atoms with Crippen LogP contribution in [0.25, 0.3) is 27.8 Å². The number of fused-ring (bicyclic) bond motifs is 2. The van der Waals surface area contributed by atoms with Crippen LogP contribution in [0.4, 0.5) is 0 Å². The van der Waals surface area contributed by atoms with Crippen LogP contribution >= 0.6 is 0 Å². The second-order valence-corrected chi connectivity index (χ2v) is 11.1. The van der Waals surface area contributed by atoms with Crippen LogP contribution < -0.4 is 0 Å². The van der Waals surface area contributed by atoms with E-state index in [1.165, 1.54) is 11.1 Å². The molecule has 4 aliphatic rings. The monoisotopic (exact) mass is 475 g/mol. The van der Waals surface area contributed by atoms with Crippen LogP contribution in [-0.2, 0) is 4.79 Å². The number of rotatable bonds is 3. The number of aliphatic hydroxyl groups is 1. The van der Waals surface area contributed by atoms with Gasteiger partial charge in [0, 0.05) is 23.3 Å². The zero-order valence-electron chi connectivity index (χ0n) is 22.6. The smallest absolute Gasteiger partial charge is 0.229 e. The first-order valence-electron chi connectivity index (χ1n) is 12.9. The molecule has 182 valence electrons. The average Bonchev–Trinajstić information content (AvgIpc) is 3.11. The lowest BCUT2D eigenvalue weighted by Gasteiger charge is -2.21. The van der Waals surface area contributed by atoms with Gasteiger partial charge in [0.25, 0.3) is 0 Å². The summed E-state index contributed by atoms with van der Waals surface area (Å²) in [4.78, 5) is 13.8. The van der Waals surface area contributed by atoms with Crippen LogP contribution in [0.15, 0.2) is 59.9 Å². The summed E-state index contributed by atoms with van der Waals surface area (Å²) in [6.07, 6.45) is 2.07. The van der Waals surface area contributed by atoms with Gasteiger partial charge in [0.15, 0.2) is 5.76 Å². The summed E-state index contributed by atoms with van der Waals surface area (Å²) in [5, 5.41) is 11.4. The van der Waals surface area contributed by atoms with E-state index >= 15 is 0 Å². The SMILES string of the molecule is CC1=C/C(=C2\C(=O)C(c3cc(C)c4cc(C(C)C)ccc(C)c3-4)=C2O)[c+]2c(C)ccc(C(C)C)cc21. The largest absolute Gasteiger partial charge is 0.501 e. The van der Waals surface area contributed by atoms with E-state index in [4.69, 9.17) is 0 Å². The number of carbonyl (C=O) groups is 1. The summed E-state index contributed by atoms with van der Waals surface area (Å²) in [6.45, 7) is 17.1. The summed E-state index contributed by atoms with van der Waals surface area (Å²) >= 11 is 0. The molecule has 0 radical (unpaired) electrons. The lowest BCUT2D eigenvalue weighted by atomic mass is 9.78. The summed E-state index contributed by atoms with van der Waals surface area (Å²) in [5.74, 6) is 0.857. The van der Waals surface area contributed by atoms with Gasteiger partial charge in [-0.15, -0.1) is 0 Å². The van der Waals surface area contributed by atoms with Crippen LogP contribution in [-0.4, -0.2) is 10.9 Å². The van der Waals surface area contributed by atoms with Gasteiger partial charge in [0.2, 0.25) is 5.78 Å². The van der Waals surface area contributed by atoms with Gasteiger partial charge >= 0.3 is 0 Å². The highest BCUT2D eigenvalue weighted by atomic mass is 16.3. The predicted molar refractivity (Wildman–Crippen MR) is 151 cm³/mol. The van der Waals surface area contributed by atoms with Crippen molar-refractivity contribution in [1.29, 1.82) is 0 Å². The van der Waals surface area contributed by atoms with Gasteiger partial charge in [0.05, 0.1) is 22.3 Å². The van der Waals surface area contributed by atoms with Crippen molar-refractivity contribution in [2.24, 2.45) is 0 Å². The fourth-order valence-electron chi connectivity index (χ4n) is 5.69. The molecule has 2 nitrogen and oxygen atoms in total. The molecule has 1 aromatic carbocycles. The number of ketones is 1. The van der Waals surface area contributed by atoms with Crippen molar-refractivity contribution < 1.29 is 9.90 Å². The molecule has 0 saturated heterocycles. The van der Waals surface area contributed by atoms with Crippen molar-refractivity contribution in [1.82, 2.24) is 0 Å². The minimum atomic E-state index is -0.0729. The maximum absolute atomic E-state index is 13.8. The van der Waals surface area contributed by atoms with Crippen molar-refractivity contribution in [3.63, 3.8) is 0 Å². The molecule has 1 N–H and O–H groups in total. The molecule has 2 heteroatoms. The summed E-state index contributed by atoms with van der Waals surface area (Å²) in [5.41, 5.74) is 14.0. The zero-order chi connectivity index (χ0) is 26.0. The van der Waals surface area contributed by atoms with E-state index in [2.05, 4.69) is 104 Å². The number of hydrogen-bond donors (Lipinski definition) is 1. The third-order valence-electron chi connectivity index (χ3n) is 7.91. The molecule has 0 atom stereocenters. The Bertz CT molecular complexity index is 1530. The van der Waals surface area contributed by atoms with Crippen LogP contribution in [0.2, 0.25) is 0 Å². The zero-order valence-corrected chi connectivity index (χ0v) is 22.6. The Morgan fingerprint density at radius 1 is 0.750 bits per heavy atom. The van der Waals surface area contributed by atoms with E-state index in [0.717, 1.165) is 55.7 Å². The molecule has 4 aliphatic carbocycles. The van der Waals surface area contributed by atoms with Gasteiger partial charge in [-0.2, -0.15) is 0 Å². The van der Waals surface area contributed by atoms with E-state index in [0.29, 0.717) is 23.0 Å². The number of carbonyl (C=O) groups excluding carboxylic acids is 1. The Balaban J connectivity index is 1.71. The highest BCUT2D eigenvalue weighted by Crippen LogP contribution is 2.49. The summed E-state index contributed by atoms with van der Waals surface area (Å²) in [7, 11) is 0. The molecular formula is C34H35O2+. The van der Waals surface area contributed by atoms with Crippen molar-refractivity contribution in [3.05, 3.63) is 104 Å². The Labute approximate surface area is 215 Å². The molecular weight excluding hydrogens is 440 g/mol. The molecule has 36 heavy (non-hydrogen) atoms. The van der Waals surface area contributed by atoms with Gasteiger partial charge in [0.1, 0.15) is 5.57 Å². The molecule has 0 bridgehead atoms. The third kappa shape index (κ3) is 3.54. The Morgan fingerprint density at radius 2 is 1.39 bits per heavy atom. The Morgan fingerprint density at radius 3 is 2.03 bits per heavy atom. The van der Waals surface area contributed by atoms with E-state index < -0.39 is 0 Å². The van der Waals surface area contributed by atoms with Crippen LogP contribution in [0.5, 0.6) is 0 Å². The highest BCUT2D eigenvalue weighted by Gasteiger charge is 2.44. The molecule has 0 amide bonds. The van der Waals surface area contributed by atoms with Crippen molar-refractivity contribution in [3.8, 4) is 11.1 Å².